The second-order valence-corrected chi connectivity index (χ2v) is 10.3. The summed E-state index contributed by atoms with van der Waals surface area (Å²) in [6, 6.07) is 0. The molecule has 1 nitrogen and oxygen atoms in total. The van der Waals surface area contributed by atoms with Crippen molar-refractivity contribution < 1.29 is 4.74 Å². The summed E-state index contributed by atoms with van der Waals surface area (Å²) < 4.78 is 5.91. The van der Waals surface area contributed by atoms with Crippen LogP contribution in [0.5, 0.6) is 0 Å². The summed E-state index contributed by atoms with van der Waals surface area (Å²) in [5.41, 5.74) is 1.71. The Labute approximate surface area is 183 Å². The van der Waals surface area contributed by atoms with Crippen molar-refractivity contribution in [3.8, 4) is 0 Å². The van der Waals surface area contributed by atoms with Crippen LogP contribution in [0.25, 0.3) is 0 Å². The van der Waals surface area contributed by atoms with Gasteiger partial charge in [0.2, 0.25) is 0 Å². The lowest BCUT2D eigenvalue weighted by Crippen LogP contribution is -2.08. The quantitative estimate of drug-likeness (QED) is 0.108. The highest BCUT2D eigenvalue weighted by Gasteiger charge is 2.42. The molecular weight excluding hydrogens is 352 g/mol. The molecule has 0 saturated carbocycles. The number of unbranched alkanes of at least 4 members (excludes halogenated alkanes) is 5. The van der Waals surface area contributed by atoms with Gasteiger partial charge in [0.1, 0.15) is 0 Å². The molecular formula is C28H50O. The minimum Gasteiger partial charge on any atom is -0.369 e. The Balaban J connectivity index is 2.29. The van der Waals surface area contributed by atoms with Crippen LogP contribution in [0.2, 0.25) is 0 Å². The molecule has 168 valence electrons. The lowest BCUT2D eigenvalue weighted by atomic mass is 9.85. The van der Waals surface area contributed by atoms with E-state index in [1.807, 2.05) is 0 Å². The van der Waals surface area contributed by atoms with Crippen LogP contribution in [0.15, 0.2) is 36.0 Å². The van der Waals surface area contributed by atoms with Gasteiger partial charge in [-0.25, -0.2) is 0 Å². The molecule has 0 aromatic carbocycles. The normalized spacial score (nSPS) is 22.5. The highest BCUT2D eigenvalue weighted by molar-refractivity contribution is 5.15. The maximum atomic E-state index is 5.91. The van der Waals surface area contributed by atoms with E-state index in [-0.39, 0.29) is 5.41 Å². The fraction of sp³-hybridized carbons (Fsp3) is 0.786. The zero-order valence-corrected chi connectivity index (χ0v) is 20.7. The number of hydrogen-bond donors (Lipinski definition) is 0. The molecule has 0 radical (unpaired) electrons. The molecule has 4 unspecified atom stereocenters. The van der Waals surface area contributed by atoms with E-state index in [0.717, 1.165) is 18.8 Å². The van der Waals surface area contributed by atoms with E-state index in [1.54, 1.807) is 0 Å². The molecule has 1 saturated heterocycles. The Morgan fingerprint density at radius 1 is 1.03 bits per heavy atom. The van der Waals surface area contributed by atoms with Crippen molar-refractivity contribution in [1.82, 2.24) is 0 Å². The lowest BCUT2D eigenvalue weighted by Gasteiger charge is -2.20. The van der Waals surface area contributed by atoms with Crippen molar-refractivity contribution in [2.45, 2.75) is 125 Å². The van der Waals surface area contributed by atoms with Crippen molar-refractivity contribution in [3.63, 3.8) is 0 Å². The third kappa shape index (κ3) is 12.5. The molecule has 0 aromatic rings. The van der Waals surface area contributed by atoms with Gasteiger partial charge in [-0.3, -0.25) is 0 Å². The molecule has 1 rings (SSSR count). The number of hydrogen-bond acceptors (Lipinski definition) is 1. The molecule has 1 heterocycles. The van der Waals surface area contributed by atoms with E-state index < -0.39 is 0 Å². The molecule has 1 fully saturated rings. The van der Waals surface area contributed by atoms with Crippen LogP contribution < -0.4 is 0 Å². The summed E-state index contributed by atoms with van der Waals surface area (Å²) in [4.78, 5) is 0. The van der Waals surface area contributed by atoms with Crippen molar-refractivity contribution >= 4 is 0 Å². The Bertz CT molecular complexity index is 510. The van der Waals surface area contributed by atoms with Crippen molar-refractivity contribution in [2.24, 2.45) is 17.3 Å². The summed E-state index contributed by atoms with van der Waals surface area (Å²) in [5, 5.41) is 0. The van der Waals surface area contributed by atoms with E-state index in [1.165, 1.54) is 56.9 Å². The van der Waals surface area contributed by atoms with Gasteiger partial charge >= 0.3 is 0 Å². The second-order valence-electron chi connectivity index (χ2n) is 10.3. The maximum absolute atomic E-state index is 5.91. The fourth-order valence-electron chi connectivity index (χ4n) is 4.43. The maximum Gasteiger partial charge on any atom is 0.0867 e. The number of epoxide rings is 1. The highest BCUT2D eigenvalue weighted by atomic mass is 16.6. The van der Waals surface area contributed by atoms with Gasteiger partial charge in [0, 0.05) is 0 Å². The third-order valence-corrected chi connectivity index (χ3v) is 6.13. The Kier molecular flexibility index (Phi) is 12.9. The van der Waals surface area contributed by atoms with E-state index in [2.05, 4.69) is 78.8 Å². The van der Waals surface area contributed by atoms with Gasteiger partial charge in [0.25, 0.3) is 0 Å². The van der Waals surface area contributed by atoms with Gasteiger partial charge < -0.3 is 4.74 Å². The number of rotatable bonds is 16. The molecule has 1 aliphatic rings. The van der Waals surface area contributed by atoms with Crippen LogP contribution in [-0.4, -0.2) is 12.2 Å². The first kappa shape index (κ1) is 26.2. The van der Waals surface area contributed by atoms with Crippen LogP contribution in [0.4, 0.5) is 0 Å². The molecule has 1 heteroatoms. The summed E-state index contributed by atoms with van der Waals surface area (Å²) in [5.74, 6) is 1.30. The van der Waals surface area contributed by atoms with Gasteiger partial charge in [-0.05, 0) is 56.3 Å². The average molecular weight is 403 g/mol. The standard InChI is InChI=1S/C28H50O/c1-8-10-11-12-13-14-15-20-28(6,7)22-24(4)19-16-18-23(3)21-26-27(29-26)25(5)17-9-2/h15-16,18-20,23,25-27H,8-14,17,21-22H2,1-7H3/b18-16+,20-15+,24-19+. The van der Waals surface area contributed by atoms with Gasteiger partial charge in [-0.15, -0.1) is 0 Å². The van der Waals surface area contributed by atoms with E-state index >= 15 is 0 Å². The van der Waals surface area contributed by atoms with Gasteiger partial charge in [-0.2, -0.15) is 0 Å². The molecule has 0 aromatic heterocycles. The predicted molar refractivity (Wildman–Crippen MR) is 130 cm³/mol. The number of allylic oxidation sites excluding steroid dienone is 6. The SMILES string of the molecule is CCCCCCC/C=C/C(C)(C)C/C(C)=C/C=C/C(C)CC1OC1C(C)CCC. The van der Waals surface area contributed by atoms with Crippen LogP contribution in [0.3, 0.4) is 0 Å². The fourth-order valence-corrected chi connectivity index (χ4v) is 4.43. The second kappa shape index (κ2) is 14.2. The Morgan fingerprint density at radius 2 is 1.76 bits per heavy atom. The van der Waals surface area contributed by atoms with Gasteiger partial charge in [-0.1, -0.05) is 110 Å². The third-order valence-electron chi connectivity index (χ3n) is 6.13. The van der Waals surface area contributed by atoms with Crippen LogP contribution in [0, 0.1) is 17.3 Å². The Hall–Kier alpha value is -0.820. The summed E-state index contributed by atoms with van der Waals surface area (Å²) in [6.45, 7) is 16.2. The first-order chi connectivity index (χ1) is 13.8. The lowest BCUT2D eigenvalue weighted by molar-refractivity contribution is 0.309. The van der Waals surface area contributed by atoms with Crippen LogP contribution in [0.1, 0.15) is 113 Å². The van der Waals surface area contributed by atoms with Gasteiger partial charge in [0.05, 0.1) is 12.2 Å². The molecule has 0 amide bonds. The summed E-state index contributed by atoms with van der Waals surface area (Å²) in [6.07, 6.45) is 25.7. The van der Waals surface area contributed by atoms with E-state index in [4.69, 9.17) is 4.74 Å². The molecule has 4 atom stereocenters. The van der Waals surface area contributed by atoms with Crippen molar-refractivity contribution in [3.05, 3.63) is 36.0 Å². The van der Waals surface area contributed by atoms with E-state index in [0.29, 0.717) is 18.1 Å². The predicted octanol–water partition coefficient (Wildman–Crippen LogP) is 9.05. The van der Waals surface area contributed by atoms with Crippen molar-refractivity contribution in [2.75, 3.05) is 0 Å². The molecule has 0 N–H and O–H groups in total. The van der Waals surface area contributed by atoms with Crippen LogP contribution >= 0.6 is 0 Å². The zero-order chi connectivity index (χ0) is 21.7. The first-order valence-electron chi connectivity index (χ1n) is 12.5. The van der Waals surface area contributed by atoms with Crippen molar-refractivity contribution in [1.29, 1.82) is 0 Å². The van der Waals surface area contributed by atoms with Gasteiger partial charge in [0.15, 0.2) is 0 Å². The molecule has 29 heavy (non-hydrogen) atoms. The molecule has 0 aliphatic carbocycles. The zero-order valence-electron chi connectivity index (χ0n) is 20.7. The first-order valence-corrected chi connectivity index (χ1v) is 12.5. The topological polar surface area (TPSA) is 12.5 Å². The van der Waals surface area contributed by atoms with E-state index in [9.17, 15) is 0 Å². The minimum absolute atomic E-state index is 0.244. The summed E-state index contributed by atoms with van der Waals surface area (Å²) >= 11 is 0. The highest BCUT2D eigenvalue weighted by Crippen LogP contribution is 2.36. The molecule has 0 spiro atoms. The molecule has 0 bridgehead atoms. The number of ether oxygens (including phenoxy) is 1. The largest absolute Gasteiger partial charge is 0.369 e. The average Bonchev–Trinajstić information content (AvgIpc) is 3.39. The minimum atomic E-state index is 0.244. The summed E-state index contributed by atoms with van der Waals surface area (Å²) in [7, 11) is 0. The van der Waals surface area contributed by atoms with Crippen LogP contribution in [-0.2, 0) is 4.74 Å². The smallest absolute Gasteiger partial charge is 0.0867 e. The Morgan fingerprint density at radius 3 is 2.45 bits per heavy atom. The monoisotopic (exact) mass is 402 g/mol. The molecule has 1 aliphatic heterocycles.